The Labute approximate surface area is 98.3 Å². The second kappa shape index (κ2) is 4.78. The maximum absolute atomic E-state index is 13.8. The van der Waals surface area contributed by atoms with Gasteiger partial charge in [0.1, 0.15) is 5.82 Å². The van der Waals surface area contributed by atoms with E-state index in [0.717, 1.165) is 0 Å². The van der Waals surface area contributed by atoms with Crippen molar-refractivity contribution < 1.29 is 14.3 Å². The summed E-state index contributed by atoms with van der Waals surface area (Å²) in [6.45, 7) is 0. The first-order valence-corrected chi connectivity index (χ1v) is 5.23. The molecule has 0 amide bonds. The van der Waals surface area contributed by atoms with E-state index in [9.17, 15) is 9.18 Å². The highest BCUT2D eigenvalue weighted by Gasteiger charge is 2.12. The predicted octanol–water partition coefficient (Wildman–Crippen LogP) is 3.12. The second-order valence-corrected chi connectivity index (χ2v) is 3.71. The predicted molar refractivity (Wildman–Crippen MR) is 63.2 cm³/mol. The van der Waals surface area contributed by atoms with Crippen molar-refractivity contribution in [2.75, 3.05) is 0 Å². The minimum absolute atomic E-state index is 0.179. The number of hydrogen-bond acceptors (Lipinski definition) is 1. The molecule has 1 N–H and O–H groups in total. The van der Waals surface area contributed by atoms with Crippen molar-refractivity contribution in [1.82, 2.24) is 0 Å². The molecule has 2 aromatic carbocycles. The Morgan fingerprint density at radius 3 is 2.41 bits per heavy atom. The van der Waals surface area contributed by atoms with E-state index >= 15 is 0 Å². The van der Waals surface area contributed by atoms with Gasteiger partial charge in [0.15, 0.2) is 0 Å². The number of rotatable bonds is 3. The van der Waals surface area contributed by atoms with Gasteiger partial charge in [-0.05, 0) is 17.2 Å². The summed E-state index contributed by atoms with van der Waals surface area (Å²) >= 11 is 0. The van der Waals surface area contributed by atoms with Crippen molar-refractivity contribution in [1.29, 1.82) is 0 Å². The van der Waals surface area contributed by atoms with Gasteiger partial charge in [0.25, 0.3) is 0 Å². The van der Waals surface area contributed by atoms with Gasteiger partial charge >= 0.3 is 5.97 Å². The van der Waals surface area contributed by atoms with E-state index in [-0.39, 0.29) is 6.42 Å². The summed E-state index contributed by atoms with van der Waals surface area (Å²) in [4.78, 5) is 10.7. The standard InChI is InChI=1S/C14H11FO2/c15-12-8-4-7-11(9-13(16)17)14(12)10-5-2-1-3-6-10/h1-8H,9H2,(H,16,17). The van der Waals surface area contributed by atoms with Crippen LogP contribution < -0.4 is 0 Å². The fraction of sp³-hybridized carbons (Fsp3) is 0.0714. The van der Waals surface area contributed by atoms with Crippen molar-refractivity contribution in [2.45, 2.75) is 6.42 Å². The van der Waals surface area contributed by atoms with Crippen molar-refractivity contribution in [3.05, 3.63) is 59.9 Å². The molecule has 0 aromatic heterocycles. The van der Waals surface area contributed by atoms with Gasteiger partial charge in [-0.3, -0.25) is 4.79 Å². The number of hydrogen-bond donors (Lipinski definition) is 1. The Balaban J connectivity index is 2.55. The molecule has 86 valence electrons. The van der Waals surface area contributed by atoms with Crippen molar-refractivity contribution in [3.8, 4) is 11.1 Å². The number of halogens is 1. The van der Waals surface area contributed by atoms with E-state index < -0.39 is 11.8 Å². The van der Waals surface area contributed by atoms with Gasteiger partial charge in [0.05, 0.1) is 6.42 Å². The number of aliphatic carboxylic acids is 1. The highest BCUT2D eigenvalue weighted by molar-refractivity contribution is 5.76. The van der Waals surface area contributed by atoms with Gasteiger partial charge in [0.2, 0.25) is 0 Å². The average Bonchev–Trinajstić information content (AvgIpc) is 2.29. The van der Waals surface area contributed by atoms with Gasteiger partial charge in [-0.25, -0.2) is 4.39 Å². The molecule has 2 nitrogen and oxygen atoms in total. The van der Waals surface area contributed by atoms with E-state index in [0.29, 0.717) is 16.7 Å². The van der Waals surface area contributed by atoms with Gasteiger partial charge in [0, 0.05) is 5.56 Å². The van der Waals surface area contributed by atoms with Crippen molar-refractivity contribution >= 4 is 5.97 Å². The molecule has 0 fully saturated rings. The first-order valence-electron chi connectivity index (χ1n) is 5.23. The first kappa shape index (κ1) is 11.3. The maximum Gasteiger partial charge on any atom is 0.307 e. The molecule has 0 radical (unpaired) electrons. The zero-order valence-corrected chi connectivity index (χ0v) is 9.06. The molecule has 17 heavy (non-hydrogen) atoms. The third-order valence-corrected chi connectivity index (χ3v) is 2.50. The summed E-state index contributed by atoms with van der Waals surface area (Å²) < 4.78 is 13.8. The van der Waals surface area contributed by atoms with Crippen LogP contribution in [0.4, 0.5) is 4.39 Å². The third-order valence-electron chi connectivity index (χ3n) is 2.50. The molecule has 0 unspecified atom stereocenters. The summed E-state index contributed by atoms with van der Waals surface area (Å²) in [5.41, 5.74) is 1.56. The van der Waals surface area contributed by atoms with Crippen LogP contribution in [-0.2, 0) is 11.2 Å². The molecule has 0 heterocycles. The van der Waals surface area contributed by atoms with Gasteiger partial charge < -0.3 is 5.11 Å². The largest absolute Gasteiger partial charge is 0.481 e. The minimum Gasteiger partial charge on any atom is -0.481 e. The van der Waals surface area contributed by atoms with E-state index in [1.54, 1.807) is 30.3 Å². The van der Waals surface area contributed by atoms with E-state index in [2.05, 4.69) is 0 Å². The number of carboxylic acid groups (broad SMARTS) is 1. The Bertz CT molecular complexity index is 535. The Morgan fingerprint density at radius 1 is 1.06 bits per heavy atom. The fourth-order valence-corrected chi connectivity index (χ4v) is 1.81. The highest BCUT2D eigenvalue weighted by Crippen LogP contribution is 2.27. The number of carboxylic acids is 1. The molecular weight excluding hydrogens is 219 g/mol. The molecule has 3 heteroatoms. The van der Waals surface area contributed by atoms with Crippen LogP contribution in [0.25, 0.3) is 11.1 Å². The van der Waals surface area contributed by atoms with E-state index in [1.165, 1.54) is 12.1 Å². The topological polar surface area (TPSA) is 37.3 Å². The van der Waals surface area contributed by atoms with E-state index in [4.69, 9.17) is 5.11 Å². The van der Waals surface area contributed by atoms with Crippen molar-refractivity contribution in [2.24, 2.45) is 0 Å². The third kappa shape index (κ3) is 2.50. The summed E-state index contributed by atoms with van der Waals surface area (Å²) in [5, 5.41) is 8.81. The van der Waals surface area contributed by atoms with Gasteiger partial charge in [-0.1, -0.05) is 42.5 Å². The first-order chi connectivity index (χ1) is 8.18. The molecule has 2 aromatic rings. The molecular formula is C14H11FO2. The van der Waals surface area contributed by atoms with Crippen LogP contribution in [0.2, 0.25) is 0 Å². The molecule has 0 aliphatic heterocycles. The average molecular weight is 230 g/mol. The van der Waals surface area contributed by atoms with Gasteiger partial charge in [-0.2, -0.15) is 0 Å². The Morgan fingerprint density at radius 2 is 1.76 bits per heavy atom. The van der Waals surface area contributed by atoms with Gasteiger partial charge in [-0.15, -0.1) is 0 Å². The van der Waals surface area contributed by atoms with Crippen LogP contribution >= 0.6 is 0 Å². The monoisotopic (exact) mass is 230 g/mol. The maximum atomic E-state index is 13.8. The lowest BCUT2D eigenvalue weighted by atomic mass is 9.97. The normalized spacial score (nSPS) is 10.2. The highest BCUT2D eigenvalue weighted by atomic mass is 19.1. The molecule has 2 rings (SSSR count). The smallest absolute Gasteiger partial charge is 0.307 e. The number of benzene rings is 2. The summed E-state index contributed by atoms with van der Waals surface area (Å²) in [6.07, 6.45) is -0.179. The van der Waals surface area contributed by atoms with Crippen LogP contribution in [0.1, 0.15) is 5.56 Å². The molecule has 0 saturated carbocycles. The van der Waals surface area contributed by atoms with E-state index in [1.807, 2.05) is 6.07 Å². The Hall–Kier alpha value is -2.16. The molecule has 0 aliphatic carbocycles. The molecule has 0 aliphatic rings. The van der Waals surface area contributed by atoms with Crippen molar-refractivity contribution in [3.63, 3.8) is 0 Å². The SMILES string of the molecule is O=C(O)Cc1cccc(F)c1-c1ccccc1. The summed E-state index contributed by atoms with van der Waals surface area (Å²) in [7, 11) is 0. The van der Waals surface area contributed by atoms with Crippen LogP contribution in [0, 0.1) is 5.82 Å². The van der Waals surface area contributed by atoms with Crippen LogP contribution in [0.5, 0.6) is 0 Å². The molecule has 0 bridgehead atoms. The number of carbonyl (C=O) groups is 1. The Kier molecular flexibility index (Phi) is 3.19. The summed E-state index contributed by atoms with van der Waals surface area (Å²) in [5.74, 6) is -1.36. The zero-order valence-electron chi connectivity index (χ0n) is 9.06. The summed E-state index contributed by atoms with van der Waals surface area (Å²) in [6, 6.07) is 13.5. The lowest BCUT2D eigenvalue weighted by molar-refractivity contribution is -0.136. The molecule has 0 saturated heterocycles. The zero-order chi connectivity index (χ0) is 12.3. The lowest BCUT2D eigenvalue weighted by Crippen LogP contribution is -2.03. The quantitative estimate of drug-likeness (QED) is 0.879. The lowest BCUT2D eigenvalue weighted by Gasteiger charge is -2.09. The minimum atomic E-state index is -0.965. The second-order valence-electron chi connectivity index (χ2n) is 3.71. The van der Waals surface area contributed by atoms with Crippen LogP contribution in [0.3, 0.4) is 0 Å². The molecule has 0 atom stereocenters. The van der Waals surface area contributed by atoms with Crippen LogP contribution in [0.15, 0.2) is 48.5 Å². The van der Waals surface area contributed by atoms with Crippen LogP contribution in [-0.4, -0.2) is 11.1 Å². The fourth-order valence-electron chi connectivity index (χ4n) is 1.81. The molecule has 0 spiro atoms.